The number of aromatic nitrogens is 1. The van der Waals surface area contributed by atoms with Gasteiger partial charge < -0.3 is 0 Å². The summed E-state index contributed by atoms with van der Waals surface area (Å²) in [5.74, 6) is 0.160. The number of Topliss-reactive ketones (excluding diaryl/α,β-unsaturated/α-hetero) is 1. The average molecular weight is 253 g/mol. The SMILES string of the molecule is CCCCc1ccc(C(=O)Cc2ccncc2)cc1. The molecule has 0 radical (unpaired) electrons. The average Bonchev–Trinajstić information content (AvgIpc) is 2.46. The van der Waals surface area contributed by atoms with E-state index in [0.29, 0.717) is 6.42 Å². The molecule has 1 aromatic carbocycles. The maximum Gasteiger partial charge on any atom is 0.167 e. The molecule has 0 aliphatic rings. The molecule has 2 nitrogen and oxygen atoms in total. The van der Waals surface area contributed by atoms with Crippen molar-refractivity contribution in [2.24, 2.45) is 0 Å². The molecule has 0 saturated carbocycles. The van der Waals surface area contributed by atoms with E-state index >= 15 is 0 Å². The van der Waals surface area contributed by atoms with E-state index in [2.05, 4.69) is 24.0 Å². The Bertz CT molecular complexity index is 517. The second-order valence-electron chi connectivity index (χ2n) is 4.76. The summed E-state index contributed by atoms with van der Waals surface area (Å²) in [6.45, 7) is 2.19. The lowest BCUT2D eigenvalue weighted by Gasteiger charge is -2.03. The molecule has 0 fully saturated rings. The van der Waals surface area contributed by atoms with Crippen LogP contribution in [0.25, 0.3) is 0 Å². The Morgan fingerprint density at radius 2 is 1.68 bits per heavy atom. The summed E-state index contributed by atoms with van der Waals surface area (Å²) in [5.41, 5.74) is 3.11. The summed E-state index contributed by atoms with van der Waals surface area (Å²) in [6, 6.07) is 11.8. The van der Waals surface area contributed by atoms with Gasteiger partial charge in [0.15, 0.2) is 5.78 Å². The van der Waals surface area contributed by atoms with Crippen LogP contribution in [0.4, 0.5) is 0 Å². The Balaban J connectivity index is 1.99. The maximum atomic E-state index is 12.1. The first kappa shape index (κ1) is 13.5. The summed E-state index contributed by atoms with van der Waals surface area (Å²) >= 11 is 0. The number of benzene rings is 1. The Kier molecular flexibility index (Phi) is 4.85. The Morgan fingerprint density at radius 1 is 1.00 bits per heavy atom. The highest BCUT2D eigenvalue weighted by Crippen LogP contribution is 2.11. The van der Waals surface area contributed by atoms with E-state index in [1.54, 1.807) is 12.4 Å². The lowest BCUT2D eigenvalue weighted by molar-refractivity contribution is 0.0993. The molecule has 0 N–H and O–H groups in total. The number of ketones is 1. The predicted molar refractivity (Wildman–Crippen MR) is 77.3 cm³/mol. The quantitative estimate of drug-likeness (QED) is 0.732. The number of pyridine rings is 1. The molecule has 0 saturated heterocycles. The molecular weight excluding hydrogens is 234 g/mol. The fourth-order valence-electron chi connectivity index (χ4n) is 2.03. The van der Waals surface area contributed by atoms with Crippen LogP contribution in [0.1, 0.15) is 41.3 Å². The molecule has 1 heterocycles. The molecule has 0 amide bonds. The number of rotatable bonds is 6. The van der Waals surface area contributed by atoms with E-state index < -0.39 is 0 Å². The Hall–Kier alpha value is -1.96. The van der Waals surface area contributed by atoms with E-state index in [9.17, 15) is 4.79 Å². The highest BCUT2D eigenvalue weighted by atomic mass is 16.1. The fourth-order valence-corrected chi connectivity index (χ4v) is 2.03. The number of unbranched alkanes of at least 4 members (excludes halogenated alkanes) is 1. The third-order valence-corrected chi connectivity index (χ3v) is 3.21. The molecule has 0 unspecified atom stereocenters. The molecule has 19 heavy (non-hydrogen) atoms. The zero-order valence-corrected chi connectivity index (χ0v) is 11.3. The largest absolute Gasteiger partial charge is 0.294 e. The summed E-state index contributed by atoms with van der Waals surface area (Å²) < 4.78 is 0. The Morgan fingerprint density at radius 3 is 2.32 bits per heavy atom. The van der Waals surface area contributed by atoms with Crippen molar-refractivity contribution in [1.82, 2.24) is 4.98 Å². The second-order valence-corrected chi connectivity index (χ2v) is 4.76. The van der Waals surface area contributed by atoms with Crippen molar-refractivity contribution in [3.05, 3.63) is 65.5 Å². The molecular formula is C17H19NO. The summed E-state index contributed by atoms with van der Waals surface area (Å²) in [7, 11) is 0. The molecule has 98 valence electrons. The van der Waals surface area contributed by atoms with Crippen LogP contribution in [-0.4, -0.2) is 10.8 Å². The van der Waals surface area contributed by atoms with Crippen LogP contribution in [0.5, 0.6) is 0 Å². The van der Waals surface area contributed by atoms with Crippen LogP contribution < -0.4 is 0 Å². The first-order valence-electron chi connectivity index (χ1n) is 6.80. The number of nitrogens with zero attached hydrogens (tertiary/aromatic N) is 1. The first-order chi connectivity index (χ1) is 9.29. The van der Waals surface area contributed by atoms with Crippen molar-refractivity contribution in [2.75, 3.05) is 0 Å². The number of hydrogen-bond donors (Lipinski definition) is 0. The number of carbonyl (C=O) groups excluding carboxylic acids is 1. The van der Waals surface area contributed by atoms with Gasteiger partial charge in [-0.3, -0.25) is 9.78 Å². The zero-order valence-electron chi connectivity index (χ0n) is 11.3. The highest BCUT2D eigenvalue weighted by molar-refractivity contribution is 5.97. The van der Waals surface area contributed by atoms with Gasteiger partial charge in [-0.2, -0.15) is 0 Å². The highest BCUT2D eigenvalue weighted by Gasteiger charge is 2.06. The second kappa shape index (κ2) is 6.83. The smallest absolute Gasteiger partial charge is 0.167 e. The van der Waals surface area contributed by atoms with Crippen LogP contribution in [0.15, 0.2) is 48.8 Å². The lowest BCUT2D eigenvalue weighted by atomic mass is 10.0. The standard InChI is InChI=1S/C17H19NO/c1-2-3-4-14-5-7-16(8-6-14)17(19)13-15-9-11-18-12-10-15/h5-12H,2-4,13H2,1H3. The van der Waals surface area contributed by atoms with Gasteiger partial charge in [0.2, 0.25) is 0 Å². The van der Waals surface area contributed by atoms with Gasteiger partial charge in [0.1, 0.15) is 0 Å². The van der Waals surface area contributed by atoms with Crippen molar-refractivity contribution in [3.63, 3.8) is 0 Å². The molecule has 0 aliphatic heterocycles. The Labute approximate surface area is 114 Å². The van der Waals surface area contributed by atoms with Gasteiger partial charge in [0.05, 0.1) is 0 Å². The molecule has 2 rings (SSSR count). The number of hydrogen-bond acceptors (Lipinski definition) is 2. The van der Waals surface area contributed by atoms with Crippen molar-refractivity contribution in [3.8, 4) is 0 Å². The van der Waals surface area contributed by atoms with E-state index in [-0.39, 0.29) is 5.78 Å². The van der Waals surface area contributed by atoms with Gasteiger partial charge in [-0.15, -0.1) is 0 Å². The topological polar surface area (TPSA) is 30.0 Å². The number of carbonyl (C=O) groups is 1. The van der Waals surface area contributed by atoms with E-state index in [1.165, 1.54) is 18.4 Å². The van der Waals surface area contributed by atoms with E-state index in [4.69, 9.17) is 0 Å². The summed E-state index contributed by atoms with van der Waals surface area (Å²) in [6.07, 6.45) is 7.37. The predicted octanol–water partition coefficient (Wildman–Crippen LogP) is 3.85. The third kappa shape index (κ3) is 4.02. The van der Waals surface area contributed by atoms with Crippen molar-refractivity contribution in [2.45, 2.75) is 32.6 Å². The first-order valence-corrected chi connectivity index (χ1v) is 6.80. The van der Waals surface area contributed by atoms with Gasteiger partial charge >= 0.3 is 0 Å². The molecule has 0 aliphatic carbocycles. The summed E-state index contributed by atoms with van der Waals surface area (Å²) in [5, 5.41) is 0. The minimum Gasteiger partial charge on any atom is -0.294 e. The van der Waals surface area contributed by atoms with E-state index in [1.807, 2.05) is 24.3 Å². The molecule has 2 heteroatoms. The third-order valence-electron chi connectivity index (χ3n) is 3.21. The van der Waals surface area contributed by atoms with Crippen LogP contribution in [-0.2, 0) is 12.8 Å². The van der Waals surface area contributed by atoms with Crippen LogP contribution in [0.2, 0.25) is 0 Å². The zero-order chi connectivity index (χ0) is 13.5. The van der Waals surface area contributed by atoms with Gasteiger partial charge in [-0.05, 0) is 36.1 Å². The van der Waals surface area contributed by atoms with Crippen LogP contribution >= 0.6 is 0 Å². The van der Waals surface area contributed by atoms with Gasteiger partial charge in [-0.1, -0.05) is 37.6 Å². The molecule has 0 spiro atoms. The van der Waals surface area contributed by atoms with Gasteiger partial charge in [0.25, 0.3) is 0 Å². The lowest BCUT2D eigenvalue weighted by Crippen LogP contribution is -2.03. The number of aryl methyl sites for hydroxylation is 1. The van der Waals surface area contributed by atoms with Gasteiger partial charge in [-0.25, -0.2) is 0 Å². The minimum atomic E-state index is 0.160. The van der Waals surface area contributed by atoms with Crippen molar-refractivity contribution in [1.29, 1.82) is 0 Å². The molecule has 2 aromatic rings. The van der Waals surface area contributed by atoms with Gasteiger partial charge in [0, 0.05) is 24.4 Å². The fraction of sp³-hybridized carbons (Fsp3) is 0.294. The molecule has 0 atom stereocenters. The van der Waals surface area contributed by atoms with E-state index in [0.717, 1.165) is 17.5 Å². The summed E-state index contributed by atoms with van der Waals surface area (Å²) in [4.78, 5) is 16.1. The minimum absolute atomic E-state index is 0.160. The monoisotopic (exact) mass is 253 g/mol. The van der Waals surface area contributed by atoms with Crippen LogP contribution in [0.3, 0.4) is 0 Å². The van der Waals surface area contributed by atoms with Crippen LogP contribution in [0, 0.1) is 0 Å². The molecule has 0 bridgehead atoms. The maximum absolute atomic E-state index is 12.1. The normalized spacial score (nSPS) is 10.4. The van der Waals surface area contributed by atoms with Crippen molar-refractivity contribution < 1.29 is 4.79 Å². The van der Waals surface area contributed by atoms with Crippen molar-refractivity contribution >= 4 is 5.78 Å². The molecule has 1 aromatic heterocycles.